The Kier molecular flexibility index (Phi) is 5.37. The summed E-state index contributed by atoms with van der Waals surface area (Å²) >= 11 is 0. The predicted octanol–water partition coefficient (Wildman–Crippen LogP) is 3.00. The van der Waals surface area contributed by atoms with Crippen LogP contribution in [0, 0.1) is 0 Å². The van der Waals surface area contributed by atoms with Crippen molar-refractivity contribution in [1.82, 2.24) is 4.90 Å². The number of nitrogens with zero attached hydrogens (tertiary/aromatic N) is 1. The number of aryl methyl sites for hydroxylation is 1. The molecule has 0 saturated carbocycles. The van der Waals surface area contributed by atoms with E-state index in [-0.39, 0.29) is 0 Å². The van der Waals surface area contributed by atoms with Crippen molar-refractivity contribution in [3.63, 3.8) is 0 Å². The van der Waals surface area contributed by atoms with Crippen LogP contribution in [-0.4, -0.2) is 23.6 Å². The normalized spacial score (nSPS) is 12.6. The van der Waals surface area contributed by atoms with Gasteiger partial charge in [-0.1, -0.05) is 43.3 Å². The lowest BCUT2D eigenvalue weighted by atomic mass is 10.1. The van der Waals surface area contributed by atoms with Crippen molar-refractivity contribution < 1.29 is 5.11 Å². The van der Waals surface area contributed by atoms with Crippen molar-refractivity contribution in [3.05, 3.63) is 65.2 Å². The third-order valence-corrected chi connectivity index (χ3v) is 3.69. The highest BCUT2D eigenvalue weighted by Crippen LogP contribution is 2.16. The molecule has 3 N–H and O–H groups in total. The van der Waals surface area contributed by atoms with E-state index in [9.17, 15) is 5.11 Å². The molecule has 1 unspecified atom stereocenters. The zero-order valence-electron chi connectivity index (χ0n) is 12.8. The zero-order chi connectivity index (χ0) is 15.2. The van der Waals surface area contributed by atoms with Crippen molar-refractivity contribution in [1.29, 1.82) is 0 Å². The topological polar surface area (TPSA) is 49.5 Å². The van der Waals surface area contributed by atoms with E-state index in [1.807, 2.05) is 31.3 Å². The highest BCUT2D eigenvalue weighted by molar-refractivity contribution is 5.39. The molecule has 1 atom stereocenters. The molecule has 0 amide bonds. The molecule has 2 aromatic rings. The molecule has 0 heterocycles. The summed E-state index contributed by atoms with van der Waals surface area (Å²) in [4.78, 5) is 2.13. The summed E-state index contributed by atoms with van der Waals surface area (Å²) in [5.74, 6) is 0. The minimum atomic E-state index is -0.495. The second-order valence-corrected chi connectivity index (χ2v) is 5.55. The summed E-state index contributed by atoms with van der Waals surface area (Å²) in [6.07, 6.45) is 0.567. The maximum atomic E-state index is 10.3. The number of hydrogen-bond acceptors (Lipinski definition) is 3. The average molecular weight is 284 g/mol. The van der Waals surface area contributed by atoms with E-state index < -0.39 is 6.10 Å². The molecule has 2 rings (SSSR count). The van der Waals surface area contributed by atoms with E-state index >= 15 is 0 Å². The van der Waals surface area contributed by atoms with Crippen LogP contribution in [0.4, 0.5) is 5.69 Å². The van der Waals surface area contributed by atoms with Gasteiger partial charge in [0.15, 0.2) is 0 Å². The lowest BCUT2D eigenvalue weighted by molar-refractivity contribution is 0.124. The zero-order valence-corrected chi connectivity index (χ0v) is 12.8. The minimum absolute atomic E-state index is 0.495. The Morgan fingerprint density at radius 2 is 1.57 bits per heavy atom. The first-order valence-corrected chi connectivity index (χ1v) is 7.38. The van der Waals surface area contributed by atoms with Gasteiger partial charge >= 0.3 is 0 Å². The van der Waals surface area contributed by atoms with Crippen LogP contribution in [-0.2, 0) is 13.0 Å². The van der Waals surface area contributed by atoms with Crippen molar-refractivity contribution in [2.75, 3.05) is 19.3 Å². The molecule has 0 aliphatic carbocycles. The Morgan fingerprint density at radius 1 is 1.00 bits per heavy atom. The lowest BCUT2D eigenvalue weighted by Crippen LogP contribution is -2.24. The number of aliphatic hydroxyl groups excluding tert-OH is 1. The number of nitrogen functional groups attached to an aromatic ring is 1. The van der Waals surface area contributed by atoms with Crippen LogP contribution < -0.4 is 5.73 Å². The van der Waals surface area contributed by atoms with Gasteiger partial charge in [-0.2, -0.15) is 0 Å². The fraction of sp³-hybridized carbons (Fsp3) is 0.333. The first-order valence-electron chi connectivity index (χ1n) is 7.38. The number of aliphatic hydroxyl groups is 1. The molecule has 3 nitrogen and oxygen atoms in total. The molecule has 0 saturated heterocycles. The van der Waals surface area contributed by atoms with Gasteiger partial charge < -0.3 is 10.8 Å². The van der Waals surface area contributed by atoms with Gasteiger partial charge in [0.25, 0.3) is 0 Å². The molecular weight excluding hydrogens is 260 g/mol. The number of benzene rings is 2. The molecule has 0 spiro atoms. The van der Waals surface area contributed by atoms with Gasteiger partial charge in [-0.15, -0.1) is 0 Å². The lowest BCUT2D eigenvalue weighted by Gasteiger charge is -2.21. The van der Waals surface area contributed by atoms with Gasteiger partial charge in [-0.3, -0.25) is 4.90 Å². The Bertz CT molecular complexity index is 548. The third kappa shape index (κ3) is 4.59. The van der Waals surface area contributed by atoms with E-state index in [2.05, 4.69) is 36.1 Å². The molecule has 112 valence electrons. The molecule has 0 aliphatic rings. The second kappa shape index (κ2) is 7.25. The Morgan fingerprint density at radius 3 is 2.14 bits per heavy atom. The highest BCUT2D eigenvalue weighted by atomic mass is 16.3. The molecule has 0 aromatic heterocycles. The minimum Gasteiger partial charge on any atom is -0.399 e. The van der Waals surface area contributed by atoms with Gasteiger partial charge in [-0.05, 0) is 42.3 Å². The number of hydrogen-bond donors (Lipinski definition) is 2. The van der Waals surface area contributed by atoms with Gasteiger partial charge in [0, 0.05) is 18.8 Å². The van der Waals surface area contributed by atoms with Crippen LogP contribution in [0.25, 0.3) is 0 Å². The summed E-state index contributed by atoms with van der Waals surface area (Å²) in [7, 11) is 2.02. The van der Waals surface area contributed by atoms with Crippen molar-refractivity contribution >= 4 is 5.69 Å². The summed E-state index contributed by atoms with van der Waals surface area (Å²) in [5, 5.41) is 10.3. The Hall–Kier alpha value is -1.84. The molecule has 3 heteroatoms. The molecule has 0 fully saturated rings. The summed E-state index contributed by atoms with van der Waals surface area (Å²) < 4.78 is 0. The highest BCUT2D eigenvalue weighted by Gasteiger charge is 2.11. The van der Waals surface area contributed by atoms with Gasteiger partial charge in [0.2, 0.25) is 0 Å². The smallest absolute Gasteiger partial charge is 0.0916 e. The standard InChI is InChI=1S/C18H24N2O/c1-3-14-4-6-15(7-5-14)12-20(2)13-18(21)16-8-10-17(19)11-9-16/h4-11,18,21H,3,12-13,19H2,1-2H3. The van der Waals surface area contributed by atoms with E-state index in [1.165, 1.54) is 11.1 Å². The second-order valence-electron chi connectivity index (χ2n) is 5.55. The number of rotatable bonds is 6. The summed E-state index contributed by atoms with van der Waals surface area (Å²) in [6.45, 7) is 3.58. The van der Waals surface area contributed by atoms with Gasteiger partial charge in [0.05, 0.1) is 6.10 Å². The third-order valence-electron chi connectivity index (χ3n) is 3.69. The van der Waals surface area contributed by atoms with Crippen molar-refractivity contribution in [2.45, 2.75) is 26.0 Å². The van der Waals surface area contributed by atoms with E-state index in [1.54, 1.807) is 0 Å². The molecule has 2 aromatic carbocycles. The Labute approximate surface area is 127 Å². The summed E-state index contributed by atoms with van der Waals surface area (Å²) in [5.41, 5.74) is 9.89. The van der Waals surface area contributed by atoms with Crippen LogP contribution >= 0.6 is 0 Å². The van der Waals surface area contributed by atoms with Gasteiger partial charge in [0.1, 0.15) is 0 Å². The van der Waals surface area contributed by atoms with E-state index in [4.69, 9.17) is 5.73 Å². The van der Waals surface area contributed by atoms with E-state index in [0.717, 1.165) is 24.2 Å². The average Bonchev–Trinajstić information content (AvgIpc) is 2.48. The van der Waals surface area contributed by atoms with Crippen molar-refractivity contribution in [3.8, 4) is 0 Å². The predicted molar refractivity (Wildman–Crippen MR) is 88.0 cm³/mol. The quantitative estimate of drug-likeness (QED) is 0.802. The maximum absolute atomic E-state index is 10.3. The first kappa shape index (κ1) is 15.5. The molecule has 0 bridgehead atoms. The molecule has 0 radical (unpaired) electrons. The van der Waals surface area contributed by atoms with Gasteiger partial charge in [-0.25, -0.2) is 0 Å². The monoisotopic (exact) mass is 284 g/mol. The fourth-order valence-electron chi connectivity index (χ4n) is 2.38. The number of nitrogens with two attached hydrogens (primary N) is 1. The number of anilines is 1. The van der Waals surface area contributed by atoms with E-state index in [0.29, 0.717) is 6.54 Å². The first-order chi connectivity index (χ1) is 10.1. The Balaban J connectivity index is 1.91. The summed E-state index contributed by atoms with van der Waals surface area (Å²) in [6, 6.07) is 16.0. The van der Waals surface area contributed by atoms with Crippen LogP contribution in [0.2, 0.25) is 0 Å². The largest absolute Gasteiger partial charge is 0.399 e. The maximum Gasteiger partial charge on any atom is 0.0916 e. The van der Waals surface area contributed by atoms with Crippen molar-refractivity contribution in [2.24, 2.45) is 0 Å². The fourth-order valence-corrected chi connectivity index (χ4v) is 2.38. The number of likely N-dealkylation sites (N-methyl/N-ethyl adjacent to an activating group) is 1. The van der Waals surface area contributed by atoms with Crippen LogP contribution in [0.15, 0.2) is 48.5 Å². The van der Waals surface area contributed by atoms with Crippen LogP contribution in [0.1, 0.15) is 29.7 Å². The SMILES string of the molecule is CCc1ccc(CN(C)CC(O)c2ccc(N)cc2)cc1. The molecule has 21 heavy (non-hydrogen) atoms. The molecular formula is C18H24N2O. The van der Waals surface area contributed by atoms with Crippen LogP contribution in [0.5, 0.6) is 0 Å². The molecule has 0 aliphatic heterocycles. The van der Waals surface area contributed by atoms with Crippen LogP contribution in [0.3, 0.4) is 0 Å².